The van der Waals surface area contributed by atoms with Gasteiger partial charge >= 0.3 is 0 Å². The van der Waals surface area contributed by atoms with E-state index in [4.69, 9.17) is 5.73 Å². The summed E-state index contributed by atoms with van der Waals surface area (Å²) in [5.41, 5.74) is 6.53. The first-order chi connectivity index (χ1) is 9.07. The van der Waals surface area contributed by atoms with E-state index < -0.39 is 5.54 Å². The summed E-state index contributed by atoms with van der Waals surface area (Å²) >= 11 is 1.58. The van der Waals surface area contributed by atoms with Crippen molar-refractivity contribution in [3.63, 3.8) is 0 Å². The summed E-state index contributed by atoms with van der Waals surface area (Å²) < 4.78 is 1.96. The Kier molecular flexibility index (Phi) is 3.19. The molecule has 2 N–H and O–H groups in total. The molecule has 5 heteroatoms. The average Bonchev–Trinajstić information content (AvgIpc) is 2.89. The average molecular weight is 277 g/mol. The van der Waals surface area contributed by atoms with Gasteiger partial charge in [0.05, 0.1) is 17.7 Å². The van der Waals surface area contributed by atoms with Crippen LogP contribution in [0.1, 0.15) is 38.3 Å². The topological polar surface area (TPSA) is 60.4 Å². The smallest absolute Gasteiger partial charge is 0.193 e. The number of hydrogen-bond donors (Lipinski definition) is 1. The van der Waals surface area contributed by atoms with Crippen LogP contribution < -0.4 is 5.73 Å². The lowest BCUT2D eigenvalue weighted by molar-refractivity contribution is -0.125. The van der Waals surface area contributed by atoms with Crippen molar-refractivity contribution >= 4 is 22.1 Å². The van der Waals surface area contributed by atoms with Gasteiger partial charge in [-0.3, -0.25) is 9.20 Å². The molecule has 1 fully saturated rings. The van der Waals surface area contributed by atoms with Crippen molar-refractivity contribution in [1.82, 2.24) is 9.38 Å². The molecular weight excluding hydrogens is 258 g/mol. The number of carbonyl (C=O) groups excluding carboxylic acids is 1. The number of nitrogens with two attached hydrogens (primary N) is 1. The quantitative estimate of drug-likeness (QED) is 0.937. The molecule has 0 aromatic carbocycles. The Morgan fingerprint density at radius 1 is 1.68 bits per heavy atom. The fraction of sp³-hybridized carbons (Fsp3) is 0.571. The number of thiazole rings is 1. The fourth-order valence-corrected chi connectivity index (χ4v) is 3.77. The number of Topliss-reactive ketones (excluding diaryl/α,β-unsaturated/α-hetero) is 1. The molecule has 2 atom stereocenters. The molecule has 2 heterocycles. The molecule has 1 aliphatic carbocycles. The number of carbonyl (C=O) groups is 1. The molecule has 4 nitrogen and oxygen atoms in total. The first kappa shape index (κ1) is 12.8. The van der Waals surface area contributed by atoms with Gasteiger partial charge in [-0.1, -0.05) is 19.8 Å². The summed E-state index contributed by atoms with van der Waals surface area (Å²) in [7, 11) is 0. The van der Waals surface area contributed by atoms with Crippen LogP contribution in [0.4, 0.5) is 0 Å². The molecule has 0 bridgehead atoms. The van der Waals surface area contributed by atoms with Crippen LogP contribution in [-0.4, -0.2) is 20.7 Å². The predicted molar refractivity (Wildman–Crippen MR) is 76.3 cm³/mol. The van der Waals surface area contributed by atoms with Crippen LogP contribution in [0.3, 0.4) is 0 Å². The van der Waals surface area contributed by atoms with E-state index in [2.05, 4.69) is 11.9 Å². The number of ketones is 1. The zero-order valence-electron chi connectivity index (χ0n) is 11.1. The van der Waals surface area contributed by atoms with E-state index in [9.17, 15) is 4.79 Å². The van der Waals surface area contributed by atoms with Crippen LogP contribution in [0.15, 0.2) is 17.8 Å². The zero-order valence-corrected chi connectivity index (χ0v) is 11.9. The van der Waals surface area contributed by atoms with Crippen LogP contribution in [0.25, 0.3) is 4.96 Å². The van der Waals surface area contributed by atoms with Crippen LogP contribution in [0, 0.1) is 5.92 Å². The Labute approximate surface area is 116 Å². The molecule has 0 spiro atoms. The third kappa shape index (κ3) is 2.44. The highest BCUT2D eigenvalue weighted by Gasteiger charge is 2.37. The molecule has 2 aromatic heterocycles. The maximum atomic E-state index is 12.5. The van der Waals surface area contributed by atoms with Gasteiger partial charge in [0.1, 0.15) is 0 Å². The maximum absolute atomic E-state index is 12.5. The molecule has 1 saturated carbocycles. The maximum Gasteiger partial charge on any atom is 0.193 e. The standard InChI is InChI=1S/C14H19N3OS/c1-10-3-2-4-14(15,8-10)12(18)7-11-9-17-5-6-19-13(17)16-11/h5-6,9-10H,2-4,7-8,15H2,1H3. The van der Waals surface area contributed by atoms with Gasteiger partial charge in [-0.25, -0.2) is 4.98 Å². The minimum atomic E-state index is -0.630. The molecule has 0 saturated heterocycles. The van der Waals surface area contributed by atoms with E-state index in [1.54, 1.807) is 11.3 Å². The van der Waals surface area contributed by atoms with Gasteiger partial charge < -0.3 is 5.73 Å². The predicted octanol–water partition coefficient (Wildman–Crippen LogP) is 2.42. The Hall–Kier alpha value is -1.20. The van der Waals surface area contributed by atoms with Crippen molar-refractivity contribution in [3.8, 4) is 0 Å². The Bertz CT molecular complexity index is 574. The van der Waals surface area contributed by atoms with E-state index in [0.29, 0.717) is 12.3 Å². The summed E-state index contributed by atoms with van der Waals surface area (Å²) in [5.74, 6) is 0.693. The number of nitrogens with zero attached hydrogens (tertiary/aromatic N) is 2. The molecule has 2 unspecified atom stereocenters. The molecule has 1 aliphatic rings. The molecule has 102 valence electrons. The van der Waals surface area contributed by atoms with E-state index in [0.717, 1.165) is 29.9 Å². The number of aromatic nitrogens is 2. The third-order valence-corrected chi connectivity index (χ3v) is 4.84. The number of imidazole rings is 1. The third-order valence-electron chi connectivity index (χ3n) is 4.07. The molecule has 3 rings (SSSR count). The summed E-state index contributed by atoms with van der Waals surface area (Å²) in [5, 5.41) is 1.99. The largest absolute Gasteiger partial charge is 0.319 e. The van der Waals surface area contributed by atoms with Crippen molar-refractivity contribution < 1.29 is 4.79 Å². The van der Waals surface area contributed by atoms with Crippen molar-refractivity contribution in [2.45, 2.75) is 44.6 Å². The van der Waals surface area contributed by atoms with E-state index in [1.807, 2.05) is 22.2 Å². The van der Waals surface area contributed by atoms with Gasteiger partial charge in [-0.15, -0.1) is 11.3 Å². The molecule has 19 heavy (non-hydrogen) atoms. The summed E-state index contributed by atoms with van der Waals surface area (Å²) in [4.78, 5) is 17.9. The molecular formula is C14H19N3OS. The first-order valence-electron chi connectivity index (χ1n) is 6.80. The van der Waals surface area contributed by atoms with Gasteiger partial charge in [-0.05, 0) is 18.8 Å². The lowest BCUT2D eigenvalue weighted by atomic mass is 9.74. The Balaban J connectivity index is 1.75. The summed E-state index contributed by atoms with van der Waals surface area (Å²) in [6, 6.07) is 0. The van der Waals surface area contributed by atoms with Crippen molar-refractivity contribution in [1.29, 1.82) is 0 Å². The SMILES string of the molecule is CC1CCCC(N)(C(=O)Cc2cn3ccsc3n2)C1. The van der Waals surface area contributed by atoms with Gasteiger partial charge in [0, 0.05) is 17.8 Å². The second-order valence-corrected chi connectivity index (χ2v) is 6.66. The van der Waals surface area contributed by atoms with Crippen molar-refractivity contribution in [3.05, 3.63) is 23.5 Å². The van der Waals surface area contributed by atoms with Gasteiger partial charge in [0.15, 0.2) is 10.7 Å². The number of fused-ring (bicyclic) bond motifs is 1. The number of rotatable bonds is 3. The molecule has 2 aromatic rings. The van der Waals surface area contributed by atoms with E-state index >= 15 is 0 Å². The van der Waals surface area contributed by atoms with E-state index in [-0.39, 0.29) is 5.78 Å². The summed E-state index contributed by atoms with van der Waals surface area (Å²) in [6.07, 6.45) is 8.12. The van der Waals surface area contributed by atoms with Gasteiger partial charge in [0.25, 0.3) is 0 Å². The molecule has 0 radical (unpaired) electrons. The minimum Gasteiger partial charge on any atom is -0.319 e. The second kappa shape index (κ2) is 4.72. The lowest BCUT2D eigenvalue weighted by Crippen LogP contribution is -2.51. The lowest BCUT2D eigenvalue weighted by Gasteiger charge is -2.35. The van der Waals surface area contributed by atoms with Crippen LogP contribution >= 0.6 is 11.3 Å². The minimum absolute atomic E-state index is 0.143. The fourth-order valence-electron chi connectivity index (χ4n) is 3.05. The van der Waals surface area contributed by atoms with Crippen molar-refractivity contribution in [2.75, 3.05) is 0 Å². The molecule has 0 amide bonds. The van der Waals surface area contributed by atoms with E-state index in [1.165, 1.54) is 6.42 Å². The Morgan fingerprint density at radius 3 is 3.26 bits per heavy atom. The van der Waals surface area contributed by atoms with Crippen LogP contribution in [0.5, 0.6) is 0 Å². The zero-order chi connectivity index (χ0) is 13.5. The molecule has 0 aliphatic heterocycles. The normalized spacial score (nSPS) is 27.8. The van der Waals surface area contributed by atoms with Crippen LogP contribution in [0.2, 0.25) is 0 Å². The monoisotopic (exact) mass is 277 g/mol. The summed E-state index contributed by atoms with van der Waals surface area (Å²) in [6.45, 7) is 2.18. The van der Waals surface area contributed by atoms with Gasteiger partial charge in [-0.2, -0.15) is 0 Å². The van der Waals surface area contributed by atoms with Crippen LogP contribution in [-0.2, 0) is 11.2 Å². The first-order valence-corrected chi connectivity index (χ1v) is 7.68. The highest BCUT2D eigenvalue weighted by Crippen LogP contribution is 2.31. The Morgan fingerprint density at radius 2 is 2.53 bits per heavy atom. The highest BCUT2D eigenvalue weighted by molar-refractivity contribution is 7.15. The second-order valence-electron chi connectivity index (χ2n) is 5.78. The van der Waals surface area contributed by atoms with Gasteiger partial charge in [0.2, 0.25) is 0 Å². The number of hydrogen-bond acceptors (Lipinski definition) is 4. The highest BCUT2D eigenvalue weighted by atomic mass is 32.1. The van der Waals surface area contributed by atoms with Crippen molar-refractivity contribution in [2.24, 2.45) is 11.7 Å².